The zero-order chi connectivity index (χ0) is 17.0. The number of hydrogen-bond acceptors (Lipinski definition) is 5. The Morgan fingerprint density at radius 2 is 2.09 bits per heavy atom. The summed E-state index contributed by atoms with van der Waals surface area (Å²) in [4.78, 5) is 12.1. The molecule has 7 heteroatoms. The van der Waals surface area contributed by atoms with E-state index in [1.165, 1.54) is 20.5 Å². The van der Waals surface area contributed by atoms with Gasteiger partial charge in [-0.1, -0.05) is 23.7 Å². The number of carbonyl (C=O) groups is 1. The summed E-state index contributed by atoms with van der Waals surface area (Å²) in [5.74, 6) is 0.153. The van der Waals surface area contributed by atoms with Crippen LogP contribution in [0, 0.1) is 6.92 Å². The van der Waals surface area contributed by atoms with Crippen LogP contribution < -0.4 is 4.74 Å². The Balaban J connectivity index is 2.53. The number of esters is 1. The molecule has 2 aromatic rings. The molecular formula is C16H17ClN2O4. The molecule has 0 saturated heterocycles. The Hall–Kier alpha value is -2.47. The number of carbonyl (C=O) groups excluding carboxylic acids is 1. The molecular weight excluding hydrogens is 320 g/mol. The van der Waals surface area contributed by atoms with E-state index >= 15 is 0 Å². The Kier molecular flexibility index (Phi) is 5.28. The van der Waals surface area contributed by atoms with E-state index < -0.39 is 5.97 Å². The summed E-state index contributed by atoms with van der Waals surface area (Å²) < 4.78 is 17.2. The molecule has 0 unspecified atom stereocenters. The van der Waals surface area contributed by atoms with Gasteiger partial charge >= 0.3 is 5.97 Å². The highest BCUT2D eigenvalue weighted by Gasteiger charge is 2.21. The molecule has 0 radical (unpaired) electrons. The molecule has 0 saturated carbocycles. The zero-order valence-corrected chi connectivity index (χ0v) is 14.0. The fraction of sp³-hybridized carbons (Fsp3) is 0.250. The smallest absolute Gasteiger partial charge is 0.341 e. The first kappa shape index (κ1) is 16.9. The third-order valence-corrected chi connectivity index (χ3v) is 3.36. The largest absolute Gasteiger partial charge is 0.503 e. The number of methoxy groups -OCH3 is 2. The third-order valence-electron chi connectivity index (χ3n) is 3.10. The fourth-order valence-electron chi connectivity index (χ4n) is 2.12. The molecule has 0 spiro atoms. The van der Waals surface area contributed by atoms with E-state index in [0.29, 0.717) is 16.3 Å². The van der Waals surface area contributed by atoms with Gasteiger partial charge in [0.25, 0.3) is 5.88 Å². The lowest BCUT2D eigenvalue weighted by Crippen LogP contribution is -2.07. The number of aryl methyl sites for hydroxylation is 2. The predicted molar refractivity (Wildman–Crippen MR) is 86.5 cm³/mol. The van der Waals surface area contributed by atoms with Crippen molar-refractivity contribution in [1.29, 1.82) is 0 Å². The van der Waals surface area contributed by atoms with E-state index in [4.69, 9.17) is 25.8 Å². The van der Waals surface area contributed by atoms with Gasteiger partial charge < -0.3 is 14.2 Å². The number of halogens is 1. The molecule has 0 atom stereocenters. The van der Waals surface area contributed by atoms with Crippen LogP contribution in [0.2, 0.25) is 5.02 Å². The van der Waals surface area contributed by atoms with Crippen LogP contribution in [0.3, 0.4) is 0 Å². The van der Waals surface area contributed by atoms with Gasteiger partial charge in [0.2, 0.25) is 0 Å². The van der Waals surface area contributed by atoms with Gasteiger partial charge in [0, 0.05) is 18.8 Å². The van der Waals surface area contributed by atoms with Crippen molar-refractivity contribution in [3.05, 3.63) is 46.8 Å². The number of hydrogen-bond donors (Lipinski definition) is 0. The number of ether oxygens (including phenoxy) is 3. The summed E-state index contributed by atoms with van der Waals surface area (Å²) >= 11 is 6.08. The summed E-state index contributed by atoms with van der Waals surface area (Å²) in [6.07, 6.45) is 2.94. The second-order valence-electron chi connectivity index (χ2n) is 4.76. The first-order valence-corrected chi connectivity index (χ1v) is 7.14. The van der Waals surface area contributed by atoms with Crippen molar-refractivity contribution in [3.63, 3.8) is 0 Å². The van der Waals surface area contributed by atoms with Crippen molar-refractivity contribution in [2.45, 2.75) is 6.92 Å². The van der Waals surface area contributed by atoms with E-state index in [-0.39, 0.29) is 11.5 Å². The van der Waals surface area contributed by atoms with Crippen LogP contribution in [0.25, 0.3) is 5.57 Å². The van der Waals surface area contributed by atoms with E-state index in [2.05, 4.69) is 5.10 Å². The van der Waals surface area contributed by atoms with Crippen molar-refractivity contribution in [2.24, 2.45) is 7.05 Å². The minimum absolute atomic E-state index is 0.246. The molecule has 0 aliphatic rings. The fourth-order valence-corrected chi connectivity index (χ4v) is 2.34. The maximum absolute atomic E-state index is 12.1. The van der Waals surface area contributed by atoms with Crippen LogP contribution in [0.1, 0.15) is 11.1 Å². The number of aromatic nitrogens is 2. The van der Waals surface area contributed by atoms with E-state index in [1.54, 1.807) is 24.0 Å². The molecule has 23 heavy (non-hydrogen) atoms. The first-order chi connectivity index (χ1) is 11.0. The van der Waals surface area contributed by atoms with Gasteiger partial charge in [-0.25, -0.2) is 4.79 Å². The molecule has 6 nitrogen and oxygen atoms in total. The monoisotopic (exact) mass is 336 g/mol. The summed E-state index contributed by atoms with van der Waals surface area (Å²) in [7, 11) is 4.50. The zero-order valence-electron chi connectivity index (χ0n) is 13.3. The number of nitrogens with zero attached hydrogens (tertiary/aromatic N) is 2. The Bertz CT molecular complexity index is 753. The van der Waals surface area contributed by atoms with Crippen LogP contribution in [0.15, 0.2) is 30.7 Å². The van der Waals surface area contributed by atoms with E-state index in [9.17, 15) is 4.79 Å². The second kappa shape index (κ2) is 7.19. The summed E-state index contributed by atoms with van der Waals surface area (Å²) in [5.41, 5.74) is 1.63. The summed E-state index contributed by atoms with van der Waals surface area (Å²) in [6, 6.07) is 5.39. The number of rotatable bonds is 5. The second-order valence-corrected chi connectivity index (χ2v) is 5.17. The molecule has 0 aliphatic carbocycles. The van der Waals surface area contributed by atoms with Crippen molar-refractivity contribution >= 4 is 23.1 Å². The van der Waals surface area contributed by atoms with Gasteiger partial charge in [0.05, 0.1) is 20.5 Å². The van der Waals surface area contributed by atoms with Crippen molar-refractivity contribution in [1.82, 2.24) is 9.78 Å². The molecule has 122 valence electrons. The first-order valence-electron chi connectivity index (χ1n) is 6.76. The predicted octanol–water partition coefficient (Wildman–Crippen LogP) is 3.33. The minimum atomic E-state index is -0.530. The Morgan fingerprint density at radius 1 is 1.35 bits per heavy atom. The normalized spacial score (nSPS) is 11.3. The highest BCUT2D eigenvalue weighted by molar-refractivity contribution is 6.31. The number of benzene rings is 1. The maximum atomic E-state index is 12.1. The van der Waals surface area contributed by atoms with Crippen molar-refractivity contribution in [2.75, 3.05) is 14.2 Å². The molecule has 1 heterocycles. The maximum Gasteiger partial charge on any atom is 0.341 e. The standard InChI is InChI=1S/C16H17ClN2O4/c1-10-6-5-7-13(23-15-12(17)8-19(2)18-15)14(10)11(9-21-3)16(20)22-4/h5-9H,1-4H3/b11-9-. The van der Waals surface area contributed by atoms with Gasteiger partial charge in [-0.2, -0.15) is 0 Å². The average molecular weight is 337 g/mol. The van der Waals surface area contributed by atoms with Gasteiger partial charge in [-0.3, -0.25) is 4.68 Å². The van der Waals surface area contributed by atoms with E-state index in [1.807, 2.05) is 19.1 Å². The molecule has 0 fully saturated rings. The Labute approximate surface area is 139 Å². The van der Waals surface area contributed by atoms with Crippen molar-refractivity contribution in [3.8, 4) is 11.6 Å². The lowest BCUT2D eigenvalue weighted by Gasteiger charge is -2.14. The minimum Gasteiger partial charge on any atom is -0.503 e. The van der Waals surface area contributed by atoms with Gasteiger partial charge in [0.15, 0.2) is 0 Å². The summed E-state index contributed by atoms with van der Waals surface area (Å²) in [5, 5.41) is 4.51. The molecule has 1 aromatic heterocycles. The molecule has 1 aromatic carbocycles. The topological polar surface area (TPSA) is 62.6 Å². The van der Waals surface area contributed by atoms with Crippen LogP contribution in [0.4, 0.5) is 0 Å². The Morgan fingerprint density at radius 3 is 2.65 bits per heavy atom. The van der Waals surface area contributed by atoms with E-state index in [0.717, 1.165) is 5.56 Å². The highest BCUT2D eigenvalue weighted by atomic mass is 35.5. The molecule has 2 rings (SSSR count). The average Bonchev–Trinajstić information content (AvgIpc) is 2.83. The SMILES string of the molecule is CO/C=C(\C(=O)OC)c1c(C)cccc1Oc1nn(C)cc1Cl. The van der Waals surface area contributed by atoms with Crippen LogP contribution in [-0.2, 0) is 21.3 Å². The molecule has 0 amide bonds. The van der Waals surface area contributed by atoms with Crippen molar-refractivity contribution < 1.29 is 19.0 Å². The third kappa shape index (κ3) is 3.65. The lowest BCUT2D eigenvalue weighted by molar-refractivity contribution is -0.133. The lowest BCUT2D eigenvalue weighted by atomic mass is 10.0. The molecule has 0 bridgehead atoms. The highest BCUT2D eigenvalue weighted by Crippen LogP contribution is 2.35. The quantitative estimate of drug-likeness (QED) is 0.476. The van der Waals surface area contributed by atoms with Crippen LogP contribution >= 0.6 is 11.6 Å². The van der Waals surface area contributed by atoms with Gasteiger partial charge in [-0.05, 0) is 18.6 Å². The van der Waals surface area contributed by atoms with Gasteiger partial charge in [0.1, 0.15) is 16.3 Å². The molecule has 0 N–H and O–H groups in total. The van der Waals surface area contributed by atoms with Gasteiger partial charge in [-0.15, -0.1) is 5.10 Å². The van der Waals surface area contributed by atoms with Crippen LogP contribution in [0.5, 0.6) is 11.6 Å². The van der Waals surface area contributed by atoms with Crippen LogP contribution in [-0.4, -0.2) is 30.0 Å². The summed E-state index contributed by atoms with van der Waals surface area (Å²) in [6.45, 7) is 1.86. The molecule has 0 aliphatic heterocycles.